The molecule has 114 valence electrons. The molecule has 2 aliphatic rings. The summed E-state index contributed by atoms with van der Waals surface area (Å²) >= 11 is 11.9. The number of carbonyl (C=O) groups is 1. The molecule has 4 nitrogen and oxygen atoms in total. The number of carbonyl (C=O) groups excluding carboxylic acids is 1. The van der Waals surface area contributed by atoms with E-state index in [1.165, 1.54) is 0 Å². The second kappa shape index (κ2) is 5.89. The molecular weight excluding hydrogens is 325 g/mol. The Kier molecular flexibility index (Phi) is 4.10. The first-order chi connectivity index (χ1) is 10.5. The molecule has 0 radical (unpaired) electrons. The SMILES string of the molecule is O=C1N(OCc2ccccc2)C2(C=CC=CC=C2)OC1(Cl)Cl. The lowest BCUT2D eigenvalue weighted by Gasteiger charge is -2.29. The average Bonchev–Trinajstić information content (AvgIpc) is 2.66. The maximum absolute atomic E-state index is 12.4. The van der Waals surface area contributed by atoms with Crippen LogP contribution in [0, 0.1) is 0 Å². The molecule has 0 saturated carbocycles. The summed E-state index contributed by atoms with van der Waals surface area (Å²) in [6.07, 6.45) is 10.4. The fourth-order valence-corrected chi connectivity index (χ4v) is 2.62. The maximum atomic E-state index is 12.4. The smallest absolute Gasteiger partial charge is 0.302 e. The molecule has 1 spiro atoms. The van der Waals surface area contributed by atoms with Gasteiger partial charge in [-0.15, -0.1) is 0 Å². The van der Waals surface area contributed by atoms with Gasteiger partial charge in [-0.2, -0.15) is 5.06 Å². The Morgan fingerprint density at radius 2 is 1.68 bits per heavy atom. The number of hydrogen-bond acceptors (Lipinski definition) is 3. The van der Waals surface area contributed by atoms with Crippen molar-refractivity contribution in [2.75, 3.05) is 0 Å². The summed E-state index contributed by atoms with van der Waals surface area (Å²) in [5.41, 5.74) is -0.356. The van der Waals surface area contributed by atoms with E-state index in [-0.39, 0.29) is 6.61 Å². The molecule has 22 heavy (non-hydrogen) atoms. The third kappa shape index (κ3) is 2.83. The van der Waals surface area contributed by atoms with Gasteiger partial charge in [-0.3, -0.25) is 9.63 Å². The fourth-order valence-electron chi connectivity index (χ4n) is 2.21. The van der Waals surface area contributed by atoms with Crippen LogP contribution in [0.15, 0.2) is 66.8 Å². The number of nitrogens with zero attached hydrogens (tertiary/aromatic N) is 1. The Hall–Kier alpha value is -1.59. The molecular formula is C16H13Cl2NO3. The molecule has 1 amide bonds. The van der Waals surface area contributed by atoms with Gasteiger partial charge in [0.25, 0.3) is 0 Å². The second-order valence-electron chi connectivity index (χ2n) is 4.83. The van der Waals surface area contributed by atoms with Crippen molar-refractivity contribution < 1.29 is 14.4 Å². The van der Waals surface area contributed by atoms with Gasteiger partial charge in [0, 0.05) is 0 Å². The van der Waals surface area contributed by atoms with Crippen molar-refractivity contribution in [3.63, 3.8) is 0 Å². The lowest BCUT2D eigenvalue weighted by atomic mass is 10.2. The Labute approximate surface area is 138 Å². The normalized spacial score (nSPS) is 21.5. The van der Waals surface area contributed by atoms with Crippen LogP contribution in [0.5, 0.6) is 0 Å². The first kappa shape index (κ1) is 15.3. The Morgan fingerprint density at radius 3 is 2.32 bits per heavy atom. The van der Waals surface area contributed by atoms with Gasteiger partial charge in [0.15, 0.2) is 0 Å². The zero-order valence-electron chi connectivity index (χ0n) is 11.5. The first-order valence-electron chi connectivity index (χ1n) is 6.67. The molecule has 1 saturated heterocycles. The minimum absolute atomic E-state index is 0.191. The van der Waals surface area contributed by atoms with Crippen molar-refractivity contribution in [1.82, 2.24) is 5.06 Å². The number of allylic oxidation sites excluding steroid dienone is 4. The van der Waals surface area contributed by atoms with Gasteiger partial charge < -0.3 is 4.74 Å². The van der Waals surface area contributed by atoms with Crippen molar-refractivity contribution in [3.05, 3.63) is 72.4 Å². The lowest BCUT2D eigenvalue weighted by Crippen LogP contribution is -2.43. The molecule has 0 unspecified atom stereocenters. The summed E-state index contributed by atoms with van der Waals surface area (Å²) < 4.78 is 3.55. The standard InChI is InChI=1S/C16H13Cl2NO3/c17-16(18)14(20)19(21-12-13-8-4-3-5-9-13)15(22-16)10-6-1-2-7-11-15/h1-11H,12H2. The van der Waals surface area contributed by atoms with Crippen LogP contribution in [-0.2, 0) is 21.0 Å². The summed E-state index contributed by atoms with van der Waals surface area (Å²) in [6, 6.07) is 9.46. The maximum Gasteiger partial charge on any atom is 0.313 e. The summed E-state index contributed by atoms with van der Waals surface area (Å²) in [5.74, 6) is -0.664. The highest BCUT2D eigenvalue weighted by atomic mass is 35.5. The summed E-state index contributed by atoms with van der Waals surface area (Å²) in [6.45, 7) is 0.191. The molecule has 1 aromatic carbocycles. The minimum atomic E-state index is -1.99. The van der Waals surface area contributed by atoms with Crippen LogP contribution >= 0.6 is 23.2 Å². The molecule has 0 bridgehead atoms. The van der Waals surface area contributed by atoms with Crippen LogP contribution in [-0.4, -0.2) is 21.2 Å². The molecule has 1 aliphatic heterocycles. The van der Waals surface area contributed by atoms with Crippen LogP contribution < -0.4 is 0 Å². The van der Waals surface area contributed by atoms with Crippen LogP contribution in [0.3, 0.4) is 0 Å². The molecule has 6 heteroatoms. The quantitative estimate of drug-likeness (QED) is 0.792. The molecule has 0 atom stereocenters. The number of amides is 1. The van der Waals surface area contributed by atoms with Gasteiger partial charge in [-0.1, -0.05) is 77.8 Å². The van der Waals surface area contributed by atoms with Crippen LogP contribution in [0.25, 0.3) is 0 Å². The highest BCUT2D eigenvalue weighted by molar-refractivity contribution is 6.57. The van der Waals surface area contributed by atoms with Crippen molar-refractivity contribution in [3.8, 4) is 0 Å². The van der Waals surface area contributed by atoms with Crippen molar-refractivity contribution in [2.45, 2.75) is 16.9 Å². The van der Waals surface area contributed by atoms with E-state index in [0.29, 0.717) is 0 Å². The van der Waals surface area contributed by atoms with Gasteiger partial charge in [0.1, 0.15) is 6.61 Å². The van der Waals surface area contributed by atoms with E-state index in [4.69, 9.17) is 32.8 Å². The van der Waals surface area contributed by atoms with E-state index in [0.717, 1.165) is 10.6 Å². The van der Waals surface area contributed by atoms with Crippen LogP contribution in [0.4, 0.5) is 0 Å². The summed E-state index contributed by atoms with van der Waals surface area (Å²) in [4.78, 5) is 18.0. The lowest BCUT2D eigenvalue weighted by molar-refractivity contribution is -0.227. The first-order valence-corrected chi connectivity index (χ1v) is 7.42. The van der Waals surface area contributed by atoms with Gasteiger partial charge in [0.2, 0.25) is 5.72 Å². The topological polar surface area (TPSA) is 38.8 Å². The van der Waals surface area contributed by atoms with E-state index < -0.39 is 16.2 Å². The van der Waals surface area contributed by atoms with Crippen LogP contribution in [0.1, 0.15) is 5.56 Å². The number of halogens is 2. The minimum Gasteiger partial charge on any atom is -0.302 e. The predicted molar refractivity (Wildman–Crippen MR) is 83.8 cm³/mol. The Morgan fingerprint density at radius 1 is 1.05 bits per heavy atom. The number of benzene rings is 1. The number of alkyl halides is 2. The zero-order chi connectivity index (χ0) is 15.6. The molecule has 1 fully saturated rings. The number of hydroxylamine groups is 2. The van der Waals surface area contributed by atoms with E-state index in [2.05, 4.69) is 0 Å². The van der Waals surface area contributed by atoms with E-state index in [9.17, 15) is 4.79 Å². The third-order valence-electron chi connectivity index (χ3n) is 3.25. The van der Waals surface area contributed by atoms with E-state index in [1.54, 1.807) is 36.5 Å². The number of rotatable bonds is 3. The average molecular weight is 338 g/mol. The van der Waals surface area contributed by atoms with Gasteiger partial charge in [0.05, 0.1) is 0 Å². The van der Waals surface area contributed by atoms with E-state index >= 15 is 0 Å². The molecule has 1 aliphatic carbocycles. The summed E-state index contributed by atoms with van der Waals surface area (Å²) in [5, 5.41) is 1.07. The Bertz CT molecular complexity index is 637. The fraction of sp³-hybridized carbons (Fsp3) is 0.188. The zero-order valence-corrected chi connectivity index (χ0v) is 13.0. The molecule has 1 aromatic rings. The van der Waals surface area contributed by atoms with Gasteiger partial charge >= 0.3 is 10.4 Å². The molecule has 0 aromatic heterocycles. The van der Waals surface area contributed by atoms with Crippen LogP contribution in [0.2, 0.25) is 0 Å². The van der Waals surface area contributed by atoms with Crippen molar-refractivity contribution in [2.24, 2.45) is 0 Å². The van der Waals surface area contributed by atoms with Gasteiger partial charge in [-0.25, -0.2) is 0 Å². The number of hydrogen-bond donors (Lipinski definition) is 0. The largest absolute Gasteiger partial charge is 0.313 e. The second-order valence-corrected chi connectivity index (χ2v) is 6.09. The monoisotopic (exact) mass is 337 g/mol. The molecule has 3 rings (SSSR count). The predicted octanol–water partition coefficient (Wildman–Crippen LogP) is 3.49. The van der Waals surface area contributed by atoms with Crippen molar-refractivity contribution in [1.29, 1.82) is 0 Å². The third-order valence-corrected chi connectivity index (χ3v) is 3.73. The van der Waals surface area contributed by atoms with Gasteiger partial charge in [-0.05, 0) is 17.7 Å². The molecule has 1 heterocycles. The summed E-state index contributed by atoms with van der Waals surface area (Å²) in [7, 11) is 0. The molecule has 0 N–H and O–H groups in total. The Balaban J connectivity index is 1.87. The highest BCUT2D eigenvalue weighted by Gasteiger charge is 2.59. The highest BCUT2D eigenvalue weighted by Crippen LogP contribution is 2.43. The van der Waals surface area contributed by atoms with E-state index in [1.807, 2.05) is 30.3 Å². The van der Waals surface area contributed by atoms with Crippen molar-refractivity contribution >= 4 is 29.1 Å². The number of ether oxygens (including phenoxy) is 1.